The molecule has 3 nitrogen and oxygen atoms in total. The summed E-state index contributed by atoms with van der Waals surface area (Å²) in [5, 5.41) is -0.298. The van der Waals surface area contributed by atoms with Crippen LogP contribution in [0.4, 0.5) is 0 Å². The van der Waals surface area contributed by atoms with Gasteiger partial charge in [-0.25, -0.2) is 0 Å². The third-order valence-corrected chi connectivity index (χ3v) is 1.05. The van der Waals surface area contributed by atoms with E-state index in [2.05, 4.69) is 12.6 Å². The molecule has 0 aromatic carbocycles. The van der Waals surface area contributed by atoms with Crippen molar-refractivity contribution in [3.63, 3.8) is 0 Å². The van der Waals surface area contributed by atoms with Crippen LogP contribution in [0.3, 0.4) is 0 Å². The SMILES string of the molecule is CC(=O)N(C)CC(=O)S. The summed E-state index contributed by atoms with van der Waals surface area (Å²) in [5.74, 6) is -0.127. The zero-order valence-corrected chi connectivity index (χ0v) is 6.31. The molecule has 0 aliphatic carbocycles. The monoisotopic (exact) mass is 147 g/mol. The quantitative estimate of drug-likeness (QED) is 0.555. The molecule has 0 fully saturated rings. The minimum atomic E-state index is -0.298. The lowest BCUT2D eigenvalue weighted by Crippen LogP contribution is -2.27. The van der Waals surface area contributed by atoms with Gasteiger partial charge in [0.1, 0.15) is 0 Å². The average Bonchev–Trinajstić information content (AvgIpc) is 1.63. The molecule has 0 unspecified atom stereocenters. The summed E-state index contributed by atoms with van der Waals surface area (Å²) in [6.45, 7) is 1.48. The van der Waals surface area contributed by atoms with E-state index in [1.54, 1.807) is 7.05 Å². The molecule has 52 valence electrons. The van der Waals surface area contributed by atoms with Crippen LogP contribution in [-0.4, -0.2) is 29.5 Å². The van der Waals surface area contributed by atoms with Gasteiger partial charge in [0.15, 0.2) is 0 Å². The highest BCUT2D eigenvalue weighted by Crippen LogP contribution is 1.86. The fourth-order valence-corrected chi connectivity index (χ4v) is 0.526. The van der Waals surface area contributed by atoms with E-state index in [0.717, 1.165) is 0 Å². The highest BCUT2D eigenvalue weighted by atomic mass is 32.1. The Kier molecular flexibility index (Phi) is 3.30. The molecular weight excluding hydrogens is 138 g/mol. The van der Waals surface area contributed by atoms with E-state index in [4.69, 9.17) is 0 Å². The minimum absolute atomic E-state index is 0.0818. The summed E-state index contributed by atoms with van der Waals surface area (Å²) in [6.07, 6.45) is 0. The van der Waals surface area contributed by atoms with Gasteiger partial charge in [0.25, 0.3) is 0 Å². The summed E-state index contributed by atoms with van der Waals surface area (Å²) in [7, 11) is 1.55. The number of likely N-dealkylation sites (N-methyl/N-ethyl adjacent to an activating group) is 1. The highest BCUT2D eigenvalue weighted by Gasteiger charge is 2.03. The fraction of sp³-hybridized carbons (Fsp3) is 0.600. The number of rotatable bonds is 2. The molecule has 0 spiro atoms. The molecule has 9 heavy (non-hydrogen) atoms. The Hall–Kier alpha value is -0.510. The van der Waals surface area contributed by atoms with Crippen molar-refractivity contribution in [2.75, 3.05) is 13.6 Å². The molecule has 0 aliphatic rings. The number of carbonyl (C=O) groups excluding carboxylic acids is 2. The predicted octanol–water partition coefficient (Wildman–Crippen LogP) is -0.0789. The molecule has 0 heterocycles. The smallest absolute Gasteiger partial charge is 0.219 e. The Morgan fingerprint density at radius 2 is 2.00 bits per heavy atom. The number of hydrogen-bond acceptors (Lipinski definition) is 2. The summed E-state index contributed by atoms with van der Waals surface area (Å²) in [6, 6.07) is 0. The molecule has 0 aromatic rings. The molecule has 1 amide bonds. The second-order valence-corrected chi connectivity index (χ2v) is 2.27. The van der Waals surface area contributed by atoms with E-state index in [1.165, 1.54) is 11.8 Å². The molecule has 4 heteroatoms. The van der Waals surface area contributed by atoms with E-state index in [0.29, 0.717) is 0 Å². The van der Waals surface area contributed by atoms with Crippen LogP contribution in [-0.2, 0) is 9.59 Å². The second kappa shape index (κ2) is 3.50. The van der Waals surface area contributed by atoms with E-state index in [9.17, 15) is 9.59 Å². The van der Waals surface area contributed by atoms with Gasteiger partial charge in [-0.2, -0.15) is 0 Å². The molecular formula is C5H9NO2S. The number of hydrogen-bond donors (Lipinski definition) is 1. The van der Waals surface area contributed by atoms with Gasteiger partial charge in [-0.05, 0) is 0 Å². The summed E-state index contributed by atoms with van der Waals surface area (Å²) < 4.78 is 0. The molecule has 0 aliphatic heterocycles. The first kappa shape index (κ1) is 8.49. The number of carbonyl (C=O) groups is 2. The van der Waals surface area contributed by atoms with Crippen LogP contribution in [0, 0.1) is 0 Å². The van der Waals surface area contributed by atoms with Crippen molar-refractivity contribution in [2.24, 2.45) is 0 Å². The third-order valence-electron chi connectivity index (χ3n) is 0.910. The Bertz CT molecular complexity index is 135. The first-order valence-corrected chi connectivity index (χ1v) is 2.92. The van der Waals surface area contributed by atoms with Crippen molar-refractivity contribution in [2.45, 2.75) is 6.92 Å². The van der Waals surface area contributed by atoms with Crippen LogP contribution in [0.1, 0.15) is 6.92 Å². The molecule has 0 saturated carbocycles. The van der Waals surface area contributed by atoms with Gasteiger partial charge < -0.3 is 4.90 Å². The molecule has 0 radical (unpaired) electrons. The zero-order valence-electron chi connectivity index (χ0n) is 5.42. The van der Waals surface area contributed by atoms with Crippen LogP contribution >= 0.6 is 12.6 Å². The van der Waals surface area contributed by atoms with E-state index >= 15 is 0 Å². The van der Waals surface area contributed by atoms with Crippen LogP contribution in [0.2, 0.25) is 0 Å². The lowest BCUT2D eigenvalue weighted by molar-refractivity contribution is -0.130. The standard InChI is InChI=1S/C5H9NO2S/c1-4(7)6(2)3-5(8)9/h3H2,1-2H3,(H,8,9). The fourth-order valence-electron chi connectivity index (χ4n) is 0.314. The predicted molar refractivity (Wildman–Crippen MR) is 37.3 cm³/mol. The van der Waals surface area contributed by atoms with Crippen molar-refractivity contribution < 1.29 is 9.59 Å². The van der Waals surface area contributed by atoms with Gasteiger partial charge in [-0.15, -0.1) is 12.6 Å². The summed E-state index contributed by atoms with van der Waals surface area (Å²) >= 11 is 3.50. The molecule has 0 N–H and O–H groups in total. The lowest BCUT2D eigenvalue weighted by atomic mass is 10.5. The van der Waals surface area contributed by atoms with Gasteiger partial charge in [-0.3, -0.25) is 9.59 Å². The maximum atomic E-state index is 10.4. The number of nitrogens with zero attached hydrogens (tertiary/aromatic N) is 1. The van der Waals surface area contributed by atoms with Crippen LogP contribution in [0.15, 0.2) is 0 Å². The van der Waals surface area contributed by atoms with Crippen molar-refractivity contribution in [3.05, 3.63) is 0 Å². The average molecular weight is 147 g/mol. The molecule has 0 atom stereocenters. The van der Waals surface area contributed by atoms with Crippen LogP contribution in [0.25, 0.3) is 0 Å². The maximum Gasteiger partial charge on any atom is 0.219 e. The van der Waals surface area contributed by atoms with Crippen molar-refractivity contribution >= 4 is 23.7 Å². The first-order valence-electron chi connectivity index (χ1n) is 2.47. The first-order chi connectivity index (χ1) is 4.04. The third kappa shape index (κ3) is 4.02. The second-order valence-electron chi connectivity index (χ2n) is 1.77. The number of amides is 1. The molecule has 0 saturated heterocycles. The van der Waals surface area contributed by atoms with Gasteiger partial charge in [0, 0.05) is 14.0 Å². The molecule has 0 rings (SSSR count). The molecule has 0 bridgehead atoms. The highest BCUT2D eigenvalue weighted by molar-refractivity contribution is 7.96. The van der Waals surface area contributed by atoms with Gasteiger partial charge in [-0.1, -0.05) is 0 Å². The Morgan fingerprint density at radius 3 is 2.11 bits per heavy atom. The Morgan fingerprint density at radius 1 is 1.56 bits per heavy atom. The Labute approximate surface area is 59.4 Å². The summed E-state index contributed by atoms with van der Waals surface area (Å²) in [4.78, 5) is 21.9. The number of thiol groups is 1. The summed E-state index contributed by atoms with van der Waals surface area (Å²) in [5.41, 5.74) is 0. The van der Waals surface area contributed by atoms with E-state index < -0.39 is 0 Å². The normalized spacial score (nSPS) is 8.78. The van der Waals surface area contributed by atoms with Crippen molar-refractivity contribution in [1.29, 1.82) is 0 Å². The Balaban J connectivity index is 3.63. The van der Waals surface area contributed by atoms with Crippen LogP contribution < -0.4 is 0 Å². The van der Waals surface area contributed by atoms with E-state index in [1.807, 2.05) is 0 Å². The van der Waals surface area contributed by atoms with Gasteiger partial charge in [0.2, 0.25) is 11.0 Å². The van der Waals surface area contributed by atoms with Crippen molar-refractivity contribution in [3.8, 4) is 0 Å². The van der Waals surface area contributed by atoms with Gasteiger partial charge in [0.05, 0.1) is 6.54 Å². The van der Waals surface area contributed by atoms with E-state index in [-0.39, 0.29) is 17.6 Å². The van der Waals surface area contributed by atoms with Crippen molar-refractivity contribution in [1.82, 2.24) is 4.90 Å². The van der Waals surface area contributed by atoms with Crippen LogP contribution in [0.5, 0.6) is 0 Å². The molecule has 0 aromatic heterocycles. The zero-order chi connectivity index (χ0) is 7.44. The lowest BCUT2D eigenvalue weighted by Gasteiger charge is -2.10. The van der Waals surface area contributed by atoms with Gasteiger partial charge >= 0.3 is 0 Å². The minimum Gasteiger partial charge on any atom is -0.338 e. The largest absolute Gasteiger partial charge is 0.338 e. The topological polar surface area (TPSA) is 37.4 Å². The maximum absolute atomic E-state index is 10.4.